The molecule has 2 aromatic rings. The summed E-state index contributed by atoms with van der Waals surface area (Å²) in [5, 5.41) is 0. The summed E-state index contributed by atoms with van der Waals surface area (Å²) < 4.78 is 12.0. The van der Waals surface area contributed by atoms with Crippen LogP contribution >= 0.6 is 15.9 Å². The van der Waals surface area contributed by atoms with Crippen molar-refractivity contribution in [3.8, 4) is 22.6 Å². The first-order chi connectivity index (χ1) is 8.69. The van der Waals surface area contributed by atoms with Crippen LogP contribution in [0.2, 0.25) is 0 Å². The standard InChI is InChI=1S/C15H15BrO2/c1-10-9-12(17-2)13(15(18-3)14(10)16)11-7-5-4-6-8-11/h4-9H,1-3H3. The first-order valence-corrected chi connectivity index (χ1v) is 6.44. The van der Waals surface area contributed by atoms with Gasteiger partial charge in [0.15, 0.2) is 0 Å². The van der Waals surface area contributed by atoms with Gasteiger partial charge in [0, 0.05) is 0 Å². The number of methoxy groups -OCH3 is 2. The summed E-state index contributed by atoms with van der Waals surface area (Å²) in [6, 6.07) is 12.1. The van der Waals surface area contributed by atoms with Crippen LogP contribution in [0.1, 0.15) is 5.56 Å². The molecule has 0 aliphatic heterocycles. The second-order valence-corrected chi connectivity index (χ2v) is 4.78. The van der Waals surface area contributed by atoms with Gasteiger partial charge in [-0.1, -0.05) is 30.3 Å². The number of aryl methyl sites for hydroxylation is 1. The van der Waals surface area contributed by atoms with Gasteiger partial charge >= 0.3 is 0 Å². The van der Waals surface area contributed by atoms with Gasteiger partial charge in [-0.25, -0.2) is 0 Å². The Morgan fingerprint density at radius 2 is 1.67 bits per heavy atom. The van der Waals surface area contributed by atoms with E-state index in [9.17, 15) is 0 Å². The third kappa shape index (κ3) is 2.23. The van der Waals surface area contributed by atoms with Crippen LogP contribution in [0.15, 0.2) is 40.9 Å². The van der Waals surface area contributed by atoms with Gasteiger partial charge in [0.05, 0.1) is 24.3 Å². The van der Waals surface area contributed by atoms with Crippen molar-refractivity contribution in [1.29, 1.82) is 0 Å². The average Bonchev–Trinajstić information content (AvgIpc) is 2.42. The highest BCUT2D eigenvalue weighted by atomic mass is 79.9. The monoisotopic (exact) mass is 306 g/mol. The zero-order chi connectivity index (χ0) is 13.1. The van der Waals surface area contributed by atoms with Crippen molar-refractivity contribution in [3.63, 3.8) is 0 Å². The molecule has 2 aromatic carbocycles. The predicted molar refractivity (Wildman–Crippen MR) is 77.4 cm³/mol. The van der Waals surface area contributed by atoms with E-state index in [-0.39, 0.29) is 0 Å². The second kappa shape index (κ2) is 5.44. The van der Waals surface area contributed by atoms with Crippen LogP contribution < -0.4 is 9.47 Å². The average molecular weight is 307 g/mol. The lowest BCUT2D eigenvalue weighted by molar-refractivity contribution is 0.395. The van der Waals surface area contributed by atoms with Crippen LogP contribution in [0.5, 0.6) is 11.5 Å². The first kappa shape index (κ1) is 13.0. The van der Waals surface area contributed by atoms with Crippen LogP contribution in [0.3, 0.4) is 0 Å². The Bertz CT molecular complexity index is 550. The van der Waals surface area contributed by atoms with Crippen molar-refractivity contribution in [1.82, 2.24) is 0 Å². The number of hydrogen-bond donors (Lipinski definition) is 0. The van der Waals surface area contributed by atoms with Crippen molar-refractivity contribution in [2.24, 2.45) is 0 Å². The molecule has 0 N–H and O–H groups in total. The molecule has 3 heteroatoms. The van der Waals surface area contributed by atoms with E-state index in [1.54, 1.807) is 14.2 Å². The summed E-state index contributed by atoms with van der Waals surface area (Å²) in [5.41, 5.74) is 3.13. The fourth-order valence-electron chi connectivity index (χ4n) is 1.96. The molecule has 0 atom stereocenters. The molecule has 0 aromatic heterocycles. The molecule has 0 aliphatic rings. The SMILES string of the molecule is COc1cc(C)c(Br)c(OC)c1-c1ccccc1. The molecule has 18 heavy (non-hydrogen) atoms. The summed E-state index contributed by atoms with van der Waals surface area (Å²) in [7, 11) is 3.35. The molecule has 0 aliphatic carbocycles. The third-order valence-corrected chi connectivity index (χ3v) is 3.84. The number of benzene rings is 2. The molecule has 0 heterocycles. The molecule has 0 saturated heterocycles. The molecular weight excluding hydrogens is 292 g/mol. The summed E-state index contributed by atoms with van der Waals surface area (Å²) in [6.45, 7) is 2.02. The van der Waals surface area contributed by atoms with Crippen molar-refractivity contribution in [2.75, 3.05) is 14.2 Å². The van der Waals surface area contributed by atoms with Crippen LogP contribution in [-0.4, -0.2) is 14.2 Å². The van der Waals surface area contributed by atoms with Crippen LogP contribution in [-0.2, 0) is 0 Å². The normalized spacial score (nSPS) is 10.2. The molecular formula is C15H15BrO2. The van der Waals surface area contributed by atoms with E-state index in [1.807, 2.05) is 43.3 Å². The lowest BCUT2D eigenvalue weighted by atomic mass is 10.0. The van der Waals surface area contributed by atoms with E-state index in [4.69, 9.17) is 9.47 Å². The Labute approximate surface area is 116 Å². The summed E-state index contributed by atoms with van der Waals surface area (Å²) in [4.78, 5) is 0. The molecule has 94 valence electrons. The predicted octanol–water partition coefficient (Wildman–Crippen LogP) is 4.44. The molecule has 0 saturated carbocycles. The molecule has 0 fully saturated rings. The maximum absolute atomic E-state index is 5.53. The highest BCUT2D eigenvalue weighted by Crippen LogP contribution is 2.44. The zero-order valence-electron chi connectivity index (χ0n) is 10.7. The number of hydrogen-bond acceptors (Lipinski definition) is 2. The summed E-state index contributed by atoms with van der Waals surface area (Å²) >= 11 is 3.57. The van der Waals surface area contributed by atoms with Gasteiger partial charge in [-0.2, -0.15) is 0 Å². The minimum Gasteiger partial charge on any atom is -0.496 e. The minimum absolute atomic E-state index is 0.804. The van der Waals surface area contributed by atoms with E-state index in [0.29, 0.717) is 0 Å². The molecule has 0 radical (unpaired) electrons. The zero-order valence-corrected chi connectivity index (χ0v) is 12.2. The van der Waals surface area contributed by atoms with Gasteiger partial charge in [-0.15, -0.1) is 0 Å². The molecule has 0 amide bonds. The largest absolute Gasteiger partial charge is 0.496 e. The van der Waals surface area contributed by atoms with Gasteiger partial charge in [0.25, 0.3) is 0 Å². The van der Waals surface area contributed by atoms with Crippen LogP contribution in [0.25, 0.3) is 11.1 Å². The molecule has 2 nitrogen and oxygen atoms in total. The molecule has 0 spiro atoms. The molecule has 0 unspecified atom stereocenters. The smallest absolute Gasteiger partial charge is 0.144 e. The first-order valence-electron chi connectivity index (χ1n) is 5.65. The third-order valence-electron chi connectivity index (χ3n) is 2.85. The Balaban J connectivity index is 2.75. The Hall–Kier alpha value is -1.48. The lowest BCUT2D eigenvalue weighted by Gasteiger charge is -2.16. The maximum Gasteiger partial charge on any atom is 0.144 e. The van der Waals surface area contributed by atoms with Crippen molar-refractivity contribution in [3.05, 3.63) is 46.4 Å². The van der Waals surface area contributed by atoms with Gasteiger partial charge in [-0.05, 0) is 40.0 Å². The molecule has 0 bridgehead atoms. The number of ether oxygens (including phenoxy) is 2. The van der Waals surface area contributed by atoms with Crippen LogP contribution in [0.4, 0.5) is 0 Å². The van der Waals surface area contributed by atoms with E-state index in [2.05, 4.69) is 15.9 Å². The topological polar surface area (TPSA) is 18.5 Å². The number of rotatable bonds is 3. The highest BCUT2D eigenvalue weighted by Gasteiger charge is 2.17. The van der Waals surface area contributed by atoms with Gasteiger partial charge in [-0.3, -0.25) is 0 Å². The summed E-state index contributed by atoms with van der Waals surface area (Å²) in [6.07, 6.45) is 0. The second-order valence-electron chi connectivity index (χ2n) is 3.98. The quantitative estimate of drug-likeness (QED) is 0.834. The minimum atomic E-state index is 0.804. The summed E-state index contributed by atoms with van der Waals surface area (Å²) in [5.74, 6) is 1.62. The van der Waals surface area contributed by atoms with Crippen molar-refractivity contribution in [2.45, 2.75) is 6.92 Å². The van der Waals surface area contributed by atoms with Gasteiger partial charge in [0.2, 0.25) is 0 Å². The van der Waals surface area contributed by atoms with E-state index in [1.165, 1.54) is 0 Å². The Kier molecular flexibility index (Phi) is 3.92. The fraction of sp³-hybridized carbons (Fsp3) is 0.200. The van der Waals surface area contributed by atoms with Crippen molar-refractivity contribution < 1.29 is 9.47 Å². The Morgan fingerprint density at radius 3 is 2.22 bits per heavy atom. The van der Waals surface area contributed by atoms with Crippen molar-refractivity contribution >= 4 is 15.9 Å². The fourth-order valence-corrected chi connectivity index (χ4v) is 2.44. The van der Waals surface area contributed by atoms with E-state index < -0.39 is 0 Å². The van der Waals surface area contributed by atoms with Crippen LogP contribution in [0, 0.1) is 6.92 Å². The van der Waals surface area contributed by atoms with Gasteiger partial charge in [0.1, 0.15) is 11.5 Å². The highest BCUT2D eigenvalue weighted by molar-refractivity contribution is 9.10. The van der Waals surface area contributed by atoms with Gasteiger partial charge < -0.3 is 9.47 Å². The lowest BCUT2D eigenvalue weighted by Crippen LogP contribution is -1.96. The maximum atomic E-state index is 5.53. The molecule has 2 rings (SSSR count). The van der Waals surface area contributed by atoms with E-state index in [0.717, 1.165) is 32.7 Å². The Morgan fingerprint density at radius 1 is 1.00 bits per heavy atom. The number of halogens is 1. The van der Waals surface area contributed by atoms with E-state index >= 15 is 0 Å².